The highest BCUT2D eigenvalue weighted by atomic mass is 16.5. The van der Waals surface area contributed by atoms with Crippen LogP contribution in [0.4, 0.5) is 4.79 Å². The molecule has 20 heavy (non-hydrogen) atoms. The molecule has 0 spiro atoms. The van der Waals surface area contributed by atoms with E-state index >= 15 is 0 Å². The van der Waals surface area contributed by atoms with E-state index in [1.165, 1.54) is 19.1 Å². The first-order valence-corrected chi connectivity index (χ1v) is 6.00. The summed E-state index contributed by atoms with van der Waals surface area (Å²) in [5, 5.41) is 12.9. The standard InChI is InChI=1S/C11H21N3O6/c1-19-5-3-14(4-6-20-2)11(18)13-7-9(15)12-8-10(16)17/h3-8H2,1-2H3,(H,12,15)(H,13,18)(H,16,17). The van der Waals surface area contributed by atoms with E-state index in [1.54, 1.807) is 0 Å². The number of methoxy groups -OCH3 is 2. The third-order valence-corrected chi connectivity index (χ3v) is 2.25. The number of carbonyl (C=O) groups is 3. The Morgan fingerprint density at radius 3 is 2.00 bits per heavy atom. The van der Waals surface area contributed by atoms with Crippen LogP contribution in [-0.4, -0.2) is 81.5 Å². The van der Waals surface area contributed by atoms with Gasteiger partial charge in [-0.1, -0.05) is 0 Å². The van der Waals surface area contributed by atoms with Crippen molar-refractivity contribution in [2.75, 3.05) is 53.6 Å². The smallest absolute Gasteiger partial charge is 0.322 e. The normalized spacial score (nSPS) is 9.90. The number of nitrogens with one attached hydrogen (secondary N) is 2. The second-order valence-corrected chi connectivity index (χ2v) is 3.80. The van der Waals surface area contributed by atoms with Crippen LogP contribution in [0.1, 0.15) is 0 Å². The Hall–Kier alpha value is -1.87. The van der Waals surface area contributed by atoms with Crippen molar-refractivity contribution in [2.24, 2.45) is 0 Å². The minimum absolute atomic E-state index is 0.289. The summed E-state index contributed by atoms with van der Waals surface area (Å²) in [6, 6.07) is -0.440. The van der Waals surface area contributed by atoms with Crippen LogP contribution in [0.2, 0.25) is 0 Å². The van der Waals surface area contributed by atoms with Gasteiger partial charge in [-0.05, 0) is 0 Å². The average molecular weight is 291 g/mol. The molecule has 0 bridgehead atoms. The lowest BCUT2D eigenvalue weighted by Crippen LogP contribution is -2.47. The number of carbonyl (C=O) groups excluding carboxylic acids is 2. The van der Waals surface area contributed by atoms with Crippen LogP contribution in [0.15, 0.2) is 0 Å². The van der Waals surface area contributed by atoms with E-state index in [1.807, 2.05) is 0 Å². The highest BCUT2D eigenvalue weighted by Crippen LogP contribution is 1.90. The van der Waals surface area contributed by atoms with E-state index in [4.69, 9.17) is 14.6 Å². The molecular formula is C11H21N3O6. The lowest BCUT2D eigenvalue weighted by Gasteiger charge is -2.22. The van der Waals surface area contributed by atoms with Crippen molar-refractivity contribution in [1.82, 2.24) is 15.5 Å². The molecule has 0 aromatic carbocycles. The molecule has 0 aliphatic heterocycles. The predicted octanol–water partition coefficient (Wildman–Crippen LogP) is -1.51. The Bertz CT molecular complexity index is 315. The molecule has 3 N–H and O–H groups in total. The molecule has 0 rings (SSSR count). The summed E-state index contributed by atoms with van der Waals surface area (Å²) in [6.07, 6.45) is 0. The van der Waals surface area contributed by atoms with Crippen LogP contribution in [0.3, 0.4) is 0 Å². The molecule has 0 aromatic rings. The Balaban J connectivity index is 4.09. The van der Waals surface area contributed by atoms with Crippen LogP contribution < -0.4 is 10.6 Å². The zero-order valence-electron chi connectivity index (χ0n) is 11.7. The number of carboxylic acids is 1. The molecule has 0 radical (unpaired) electrons. The molecule has 0 saturated carbocycles. The van der Waals surface area contributed by atoms with Crippen LogP contribution in [0.5, 0.6) is 0 Å². The van der Waals surface area contributed by atoms with Gasteiger partial charge in [-0.2, -0.15) is 0 Å². The zero-order chi connectivity index (χ0) is 15.4. The first-order chi connectivity index (χ1) is 9.51. The van der Waals surface area contributed by atoms with Gasteiger partial charge in [0.1, 0.15) is 6.54 Å². The Kier molecular flexibility index (Phi) is 9.97. The van der Waals surface area contributed by atoms with Crippen LogP contribution in [0, 0.1) is 0 Å². The number of nitrogens with zero attached hydrogens (tertiary/aromatic N) is 1. The number of carboxylic acid groups (broad SMARTS) is 1. The van der Waals surface area contributed by atoms with E-state index in [0.29, 0.717) is 26.3 Å². The van der Waals surface area contributed by atoms with Gasteiger partial charge in [-0.15, -0.1) is 0 Å². The van der Waals surface area contributed by atoms with Crippen molar-refractivity contribution in [1.29, 1.82) is 0 Å². The molecule has 116 valence electrons. The topological polar surface area (TPSA) is 117 Å². The highest BCUT2D eigenvalue weighted by Gasteiger charge is 2.14. The fourth-order valence-electron chi connectivity index (χ4n) is 1.22. The fourth-order valence-corrected chi connectivity index (χ4v) is 1.22. The summed E-state index contributed by atoms with van der Waals surface area (Å²) < 4.78 is 9.77. The van der Waals surface area contributed by atoms with Crippen molar-refractivity contribution in [3.8, 4) is 0 Å². The van der Waals surface area contributed by atoms with E-state index in [9.17, 15) is 14.4 Å². The molecule has 0 atom stereocenters. The third-order valence-electron chi connectivity index (χ3n) is 2.25. The van der Waals surface area contributed by atoms with Gasteiger partial charge in [0.25, 0.3) is 0 Å². The maximum atomic E-state index is 11.8. The van der Waals surface area contributed by atoms with Gasteiger partial charge >= 0.3 is 12.0 Å². The molecule has 0 saturated heterocycles. The second kappa shape index (κ2) is 11.0. The summed E-state index contributed by atoms with van der Waals surface area (Å²) in [5.41, 5.74) is 0. The van der Waals surface area contributed by atoms with Gasteiger partial charge in [0, 0.05) is 27.3 Å². The van der Waals surface area contributed by atoms with Crippen molar-refractivity contribution in [3.63, 3.8) is 0 Å². The molecule has 0 unspecified atom stereocenters. The number of hydrogen-bond acceptors (Lipinski definition) is 5. The summed E-state index contributed by atoms with van der Waals surface area (Å²) >= 11 is 0. The Morgan fingerprint density at radius 2 is 1.55 bits per heavy atom. The quantitative estimate of drug-likeness (QED) is 0.450. The van der Waals surface area contributed by atoms with Crippen molar-refractivity contribution in [3.05, 3.63) is 0 Å². The van der Waals surface area contributed by atoms with E-state index in [2.05, 4.69) is 10.6 Å². The van der Waals surface area contributed by atoms with Gasteiger partial charge in [0.2, 0.25) is 5.91 Å². The first kappa shape index (κ1) is 18.1. The summed E-state index contributed by atoms with van der Waals surface area (Å²) in [7, 11) is 3.04. The van der Waals surface area contributed by atoms with E-state index in [0.717, 1.165) is 0 Å². The van der Waals surface area contributed by atoms with Crippen molar-refractivity contribution < 1.29 is 29.0 Å². The van der Waals surface area contributed by atoms with Crippen LogP contribution in [0.25, 0.3) is 0 Å². The van der Waals surface area contributed by atoms with Crippen LogP contribution in [-0.2, 0) is 19.1 Å². The van der Waals surface area contributed by atoms with Gasteiger partial charge in [-0.25, -0.2) is 4.79 Å². The number of hydrogen-bond donors (Lipinski definition) is 3. The zero-order valence-corrected chi connectivity index (χ0v) is 11.7. The maximum absolute atomic E-state index is 11.8. The molecule has 9 nitrogen and oxygen atoms in total. The lowest BCUT2D eigenvalue weighted by atomic mass is 10.5. The van der Waals surface area contributed by atoms with Gasteiger partial charge in [0.15, 0.2) is 0 Å². The lowest BCUT2D eigenvalue weighted by molar-refractivity contribution is -0.137. The Morgan fingerprint density at radius 1 is 1.00 bits per heavy atom. The highest BCUT2D eigenvalue weighted by molar-refractivity contribution is 5.86. The van der Waals surface area contributed by atoms with Gasteiger partial charge in [0.05, 0.1) is 19.8 Å². The second-order valence-electron chi connectivity index (χ2n) is 3.80. The molecule has 9 heteroatoms. The first-order valence-electron chi connectivity index (χ1n) is 6.00. The molecule has 0 aliphatic rings. The largest absolute Gasteiger partial charge is 0.480 e. The van der Waals surface area contributed by atoms with E-state index in [-0.39, 0.29) is 6.54 Å². The van der Waals surface area contributed by atoms with Crippen LogP contribution >= 0.6 is 0 Å². The maximum Gasteiger partial charge on any atom is 0.322 e. The molecule has 0 aromatic heterocycles. The molecule has 0 aliphatic carbocycles. The summed E-state index contributed by atoms with van der Waals surface area (Å²) in [4.78, 5) is 34.7. The minimum Gasteiger partial charge on any atom is -0.480 e. The molecule has 0 fully saturated rings. The SMILES string of the molecule is COCCN(CCOC)C(=O)NCC(=O)NCC(=O)O. The summed E-state index contributed by atoms with van der Waals surface area (Å²) in [5.74, 6) is -1.72. The molecule has 0 heterocycles. The fraction of sp³-hybridized carbons (Fsp3) is 0.727. The number of urea groups is 1. The molecule has 3 amide bonds. The van der Waals surface area contributed by atoms with Crippen molar-refractivity contribution in [2.45, 2.75) is 0 Å². The predicted molar refractivity (Wildman–Crippen MR) is 69.4 cm³/mol. The monoisotopic (exact) mass is 291 g/mol. The summed E-state index contributed by atoms with van der Waals surface area (Å²) in [6.45, 7) is 0.684. The van der Waals surface area contributed by atoms with Gasteiger partial charge < -0.3 is 30.1 Å². The number of ether oxygens (including phenoxy) is 2. The minimum atomic E-state index is -1.15. The number of aliphatic carboxylic acids is 1. The average Bonchev–Trinajstić information content (AvgIpc) is 2.42. The molecular weight excluding hydrogens is 270 g/mol. The number of amides is 3. The van der Waals surface area contributed by atoms with Gasteiger partial charge in [-0.3, -0.25) is 9.59 Å². The number of rotatable bonds is 10. The Labute approximate surface area is 117 Å². The third kappa shape index (κ3) is 9.11. The van der Waals surface area contributed by atoms with Crippen molar-refractivity contribution >= 4 is 17.9 Å². The van der Waals surface area contributed by atoms with E-state index < -0.39 is 24.5 Å².